The van der Waals surface area contributed by atoms with Crippen LogP contribution in [0.4, 0.5) is 0 Å². The highest BCUT2D eigenvalue weighted by molar-refractivity contribution is 6.06. The zero-order valence-corrected chi connectivity index (χ0v) is 13.7. The Labute approximate surface area is 141 Å². The lowest BCUT2D eigenvalue weighted by Crippen LogP contribution is -2.16. The Bertz CT molecular complexity index is 785. The van der Waals surface area contributed by atoms with E-state index >= 15 is 0 Å². The van der Waals surface area contributed by atoms with Crippen LogP contribution in [0, 0.1) is 12.3 Å². The maximum absolute atomic E-state index is 12.4. The highest BCUT2D eigenvalue weighted by Crippen LogP contribution is 2.29. The van der Waals surface area contributed by atoms with Gasteiger partial charge in [0, 0.05) is 5.56 Å². The fraction of sp³-hybridized carbons (Fsp3) is 0.200. The molecule has 0 saturated carbocycles. The monoisotopic (exact) mass is 322 g/mol. The Morgan fingerprint density at radius 3 is 2.17 bits per heavy atom. The molecule has 0 N–H and O–H groups in total. The maximum Gasteiger partial charge on any atom is 0.340 e. The van der Waals surface area contributed by atoms with Gasteiger partial charge in [0.25, 0.3) is 0 Å². The molecule has 0 aliphatic carbocycles. The summed E-state index contributed by atoms with van der Waals surface area (Å²) in [5, 5.41) is 0. The largest absolute Gasteiger partial charge is 0.462 e. The van der Waals surface area contributed by atoms with E-state index in [0.717, 1.165) is 5.56 Å². The lowest BCUT2D eigenvalue weighted by molar-refractivity contribution is 0.0478. The summed E-state index contributed by atoms with van der Waals surface area (Å²) >= 11 is 0. The van der Waals surface area contributed by atoms with E-state index in [0.29, 0.717) is 11.1 Å². The number of hydrogen-bond donors (Lipinski definition) is 0. The standard InChI is InChI=1S/C20H18O4/c1-4-15-16(14-10-8-7-9-11-14)12-13-17(19(21)23-5-2)18(15)20(22)24-6-3/h1,7-13H,5-6H2,2-3H3. The molecule has 4 heteroatoms. The Morgan fingerprint density at radius 1 is 0.958 bits per heavy atom. The van der Waals surface area contributed by atoms with Gasteiger partial charge in [-0.2, -0.15) is 0 Å². The van der Waals surface area contributed by atoms with Gasteiger partial charge < -0.3 is 9.47 Å². The fourth-order valence-electron chi connectivity index (χ4n) is 2.41. The molecular formula is C20H18O4. The van der Waals surface area contributed by atoms with E-state index in [1.165, 1.54) is 0 Å². The SMILES string of the molecule is C#Cc1c(-c2ccccc2)ccc(C(=O)OCC)c1C(=O)OCC. The summed E-state index contributed by atoms with van der Waals surface area (Å²) in [5.74, 6) is 1.30. The van der Waals surface area contributed by atoms with E-state index in [9.17, 15) is 9.59 Å². The molecule has 0 bridgehead atoms. The van der Waals surface area contributed by atoms with E-state index in [1.807, 2.05) is 30.3 Å². The quantitative estimate of drug-likeness (QED) is 0.622. The van der Waals surface area contributed by atoms with Crippen molar-refractivity contribution >= 4 is 11.9 Å². The van der Waals surface area contributed by atoms with Crippen LogP contribution < -0.4 is 0 Å². The fourth-order valence-corrected chi connectivity index (χ4v) is 2.41. The summed E-state index contributed by atoms with van der Waals surface area (Å²) in [6.07, 6.45) is 5.66. The summed E-state index contributed by atoms with van der Waals surface area (Å²) in [6, 6.07) is 12.7. The van der Waals surface area contributed by atoms with Crippen molar-refractivity contribution in [3.8, 4) is 23.5 Å². The van der Waals surface area contributed by atoms with Gasteiger partial charge in [0.1, 0.15) is 0 Å². The Morgan fingerprint density at radius 2 is 1.58 bits per heavy atom. The Kier molecular flexibility index (Phi) is 5.75. The lowest BCUT2D eigenvalue weighted by Gasteiger charge is -2.14. The lowest BCUT2D eigenvalue weighted by atomic mass is 9.92. The van der Waals surface area contributed by atoms with Crippen molar-refractivity contribution < 1.29 is 19.1 Å². The second kappa shape index (κ2) is 7.98. The van der Waals surface area contributed by atoms with Crippen LogP contribution in [0.5, 0.6) is 0 Å². The molecule has 122 valence electrons. The van der Waals surface area contributed by atoms with Crippen LogP contribution in [0.1, 0.15) is 40.1 Å². The number of ether oxygens (including phenoxy) is 2. The van der Waals surface area contributed by atoms with Crippen molar-refractivity contribution in [3.63, 3.8) is 0 Å². The molecule has 2 rings (SSSR count). The molecule has 0 heterocycles. The first-order valence-corrected chi connectivity index (χ1v) is 7.67. The molecule has 0 atom stereocenters. The van der Waals surface area contributed by atoms with Gasteiger partial charge >= 0.3 is 11.9 Å². The summed E-state index contributed by atoms with van der Waals surface area (Å²) in [4.78, 5) is 24.6. The van der Waals surface area contributed by atoms with Gasteiger partial charge in [-0.05, 0) is 31.0 Å². The normalized spacial score (nSPS) is 9.88. The summed E-state index contributed by atoms with van der Waals surface area (Å²) in [6.45, 7) is 3.77. The topological polar surface area (TPSA) is 52.6 Å². The van der Waals surface area contributed by atoms with Gasteiger partial charge in [0.2, 0.25) is 0 Å². The zero-order chi connectivity index (χ0) is 17.5. The molecule has 2 aromatic rings. The molecule has 0 aromatic heterocycles. The van der Waals surface area contributed by atoms with E-state index in [1.54, 1.807) is 26.0 Å². The number of esters is 2. The van der Waals surface area contributed by atoms with Crippen LogP contribution >= 0.6 is 0 Å². The van der Waals surface area contributed by atoms with Crippen molar-refractivity contribution in [1.29, 1.82) is 0 Å². The van der Waals surface area contributed by atoms with E-state index in [-0.39, 0.29) is 24.3 Å². The summed E-state index contributed by atoms with van der Waals surface area (Å²) in [7, 11) is 0. The second-order valence-corrected chi connectivity index (χ2v) is 4.86. The molecule has 4 nitrogen and oxygen atoms in total. The number of rotatable bonds is 5. The minimum atomic E-state index is -0.633. The number of carbonyl (C=O) groups is 2. The smallest absolute Gasteiger partial charge is 0.340 e. The maximum atomic E-state index is 12.4. The predicted octanol–water partition coefficient (Wildman–Crippen LogP) is 3.69. The summed E-state index contributed by atoms with van der Waals surface area (Å²) < 4.78 is 10.1. The highest BCUT2D eigenvalue weighted by atomic mass is 16.5. The van der Waals surface area contributed by atoms with Crippen molar-refractivity contribution in [1.82, 2.24) is 0 Å². The number of terminal acetylenes is 1. The molecule has 0 amide bonds. The molecule has 0 unspecified atom stereocenters. The zero-order valence-electron chi connectivity index (χ0n) is 13.7. The Balaban J connectivity index is 2.70. The van der Waals surface area contributed by atoms with Crippen molar-refractivity contribution in [3.05, 3.63) is 59.2 Å². The van der Waals surface area contributed by atoms with Crippen LogP contribution in [-0.4, -0.2) is 25.2 Å². The van der Waals surface area contributed by atoms with Crippen molar-refractivity contribution in [2.45, 2.75) is 13.8 Å². The van der Waals surface area contributed by atoms with Gasteiger partial charge in [0.15, 0.2) is 0 Å². The predicted molar refractivity (Wildman–Crippen MR) is 91.7 cm³/mol. The third-order valence-electron chi connectivity index (χ3n) is 3.41. The van der Waals surface area contributed by atoms with Crippen molar-refractivity contribution in [2.75, 3.05) is 13.2 Å². The number of hydrogen-bond acceptors (Lipinski definition) is 4. The second-order valence-electron chi connectivity index (χ2n) is 4.86. The molecule has 2 aromatic carbocycles. The summed E-state index contributed by atoms with van der Waals surface area (Å²) in [5.41, 5.74) is 2.05. The van der Waals surface area contributed by atoms with E-state index < -0.39 is 11.9 Å². The van der Waals surface area contributed by atoms with Crippen LogP contribution in [-0.2, 0) is 9.47 Å². The van der Waals surface area contributed by atoms with Crippen molar-refractivity contribution in [2.24, 2.45) is 0 Å². The van der Waals surface area contributed by atoms with Crippen LogP contribution in [0.15, 0.2) is 42.5 Å². The van der Waals surface area contributed by atoms with Gasteiger partial charge in [0.05, 0.1) is 24.3 Å². The molecule has 0 fully saturated rings. The third-order valence-corrected chi connectivity index (χ3v) is 3.41. The van der Waals surface area contributed by atoms with Crippen LogP contribution in [0.3, 0.4) is 0 Å². The third kappa shape index (κ3) is 3.47. The highest BCUT2D eigenvalue weighted by Gasteiger charge is 2.25. The number of carbonyl (C=O) groups excluding carboxylic acids is 2. The first-order chi connectivity index (χ1) is 11.6. The molecule has 0 aliphatic heterocycles. The number of benzene rings is 2. The van der Waals surface area contributed by atoms with Crippen LogP contribution in [0.2, 0.25) is 0 Å². The minimum absolute atomic E-state index is 0.0687. The first-order valence-electron chi connectivity index (χ1n) is 7.67. The van der Waals surface area contributed by atoms with Gasteiger partial charge in [-0.3, -0.25) is 0 Å². The molecular weight excluding hydrogens is 304 g/mol. The Hall–Kier alpha value is -3.06. The van der Waals surface area contributed by atoms with E-state index in [2.05, 4.69) is 5.92 Å². The molecule has 0 radical (unpaired) electrons. The van der Waals surface area contributed by atoms with Gasteiger partial charge in [-0.1, -0.05) is 42.3 Å². The molecule has 0 aliphatic rings. The molecule has 24 heavy (non-hydrogen) atoms. The average molecular weight is 322 g/mol. The van der Waals surface area contributed by atoms with E-state index in [4.69, 9.17) is 15.9 Å². The van der Waals surface area contributed by atoms with Gasteiger partial charge in [-0.15, -0.1) is 6.42 Å². The van der Waals surface area contributed by atoms with Gasteiger partial charge in [-0.25, -0.2) is 9.59 Å². The molecule has 0 spiro atoms. The first kappa shape index (κ1) is 17.3. The van der Waals surface area contributed by atoms with Crippen LogP contribution in [0.25, 0.3) is 11.1 Å². The minimum Gasteiger partial charge on any atom is -0.462 e. The molecule has 0 saturated heterocycles. The average Bonchev–Trinajstić information content (AvgIpc) is 2.61.